The Morgan fingerprint density at radius 3 is 2.71 bits per heavy atom. The average Bonchev–Trinajstić information content (AvgIpc) is 2.83. The zero-order chi connectivity index (χ0) is 14.7. The van der Waals surface area contributed by atoms with E-state index < -0.39 is 0 Å². The molecule has 0 N–H and O–H groups in total. The van der Waals surface area contributed by atoms with Crippen molar-refractivity contribution in [2.75, 3.05) is 0 Å². The molecule has 0 aromatic carbocycles. The summed E-state index contributed by atoms with van der Waals surface area (Å²) in [4.78, 5) is 0. The van der Waals surface area contributed by atoms with E-state index in [-0.39, 0.29) is 0 Å². The number of allylic oxidation sites excluding steroid dienone is 3. The molecule has 0 aliphatic heterocycles. The lowest BCUT2D eigenvalue weighted by Gasteiger charge is -2.60. The van der Waals surface area contributed by atoms with Crippen LogP contribution in [0.1, 0.15) is 71.6 Å². The van der Waals surface area contributed by atoms with Gasteiger partial charge in [0.2, 0.25) is 0 Å². The highest BCUT2D eigenvalue weighted by Crippen LogP contribution is 2.66. The third-order valence-electron chi connectivity index (χ3n) is 8.44. The van der Waals surface area contributed by atoms with Crippen LogP contribution in [0.4, 0.5) is 0 Å². The molecule has 0 saturated heterocycles. The van der Waals surface area contributed by atoms with Gasteiger partial charge in [0.25, 0.3) is 0 Å². The highest BCUT2D eigenvalue weighted by atomic mass is 14.6. The van der Waals surface area contributed by atoms with E-state index in [0.29, 0.717) is 10.8 Å². The zero-order valence-corrected chi connectivity index (χ0v) is 14.0. The lowest BCUT2D eigenvalue weighted by molar-refractivity contribution is -0.0982. The van der Waals surface area contributed by atoms with Crippen LogP contribution < -0.4 is 0 Å². The molecule has 0 spiro atoms. The van der Waals surface area contributed by atoms with E-state index in [0.717, 1.165) is 23.7 Å². The van der Waals surface area contributed by atoms with Crippen molar-refractivity contribution in [3.05, 3.63) is 24.3 Å². The number of hydrogen-bond donors (Lipinski definition) is 0. The standard InChI is InChI=1S/C21H32/c1-4-15-9-11-18-17-10-8-16-7-5-6-13-20(16,2)19(17)12-14-21(15,18)3/h4,9,16-19H,1,5-8,10-14H2,2-3H3/t16?,17-,18+,19-,20-,21+/m0/s1. The van der Waals surface area contributed by atoms with Gasteiger partial charge < -0.3 is 0 Å². The van der Waals surface area contributed by atoms with E-state index >= 15 is 0 Å². The van der Waals surface area contributed by atoms with Gasteiger partial charge in [0, 0.05) is 0 Å². The number of rotatable bonds is 1. The normalized spacial score (nSPS) is 52.4. The van der Waals surface area contributed by atoms with Gasteiger partial charge in [-0.05, 0) is 85.0 Å². The van der Waals surface area contributed by atoms with E-state index in [1.165, 1.54) is 57.8 Å². The summed E-state index contributed by atoms with van der Waals surface area (Å²) in [6, 6.07) is 0. The largest absolute Gasteiger partial charge is 0.0988 e. The van der Waals surface area contributed by atoms with Crippen molar-refractivity contribution in [2.24, 2.45) is 34.5 Å². The monoisotopic (exact) mass is 284 g/mol. The smallest absolute Gasteiger partial charge is 0.00446 e. The molecule has 4 aliphatic rings. The second-order valence-electron chi connectivity index (χ2n) is 8.96. The number of hydrogen-bond acceptors (Lipinski definition) is 0. The van der Waals surface area contributed by atoms with Gasteiger partial charge in [0.05, 0.1) is 0 Å². The summed E-state index contributed by atoms with van der Waals surface area (Å²) in [5.41, 5.74) is 2.71. The minimum absolute atomic E-state index is 0.459. The van der Waals surface area contributed by atoms with Crippen LogP contribution in [0.3, 0.4) is 0 Å². The van der Waals surface area contributed by atoms with Crippen molar-refractivity contribution < 1.29 is 0 Å². The Morgan fingerprint density at radius 2 is 1.90 bits per heavy atom. The van der Waals surface area contributed by atoms with Crippen molar-refractivity contribution in [1.82, 2.24) is 0 Å². The molecule has 21 heavy (non-hydrogen) atoms. The summed E-state index contributed by atoms with van der Waals surface area (Å²) >= 11 is 0. The van der Waals surface area contributed by atoms with Gasteiger partial charge in [0.15, 0.2) is 0 Å². The highest BCUT2D eigenvalue weighted by molar-refractivity contribution is 5.32. The highest BCUT2D eigenvalue weighted by Gasteiger charge is 2.57. The lowest BCUT2D eigenvalue weighted by atomic mass is 9.45. The summed E-state index contributed by atoms with van der Waals surface area (Å²) in [5.74, 6) is 3.98. The first kappa shape index (κ1) is 14.1. The van der Waals surface area contributed by atoms with Gasteiger partial charge in [-0.3, -0.25) is 0 Å². The minimum Gasteiger partial charge on any atom is -0.0988 e. The van der Waals surface area contributed by atoms with E-state index in [1.54, 1.807) is 5.57 Å². The first-order chi connectivity index (χ1) is 10.1. The van der Waals surface area contributed by atoms with E-state index in [1.807, 2.05) is 0 Å². The van der Waals surface area contributed by atoms with Crippen molar-refractivity contribution in [1.29, 1.82) is 0 Å². The van der Waals surface area contributed by atoms with Crippen LogP contribution in [0.15, 0.2) is 24.3 Å². The summed E-state index contributed by atoms with van der Waals surface area (Å²) in [7, 11) is 0. The first-order valence-corrected chi connectivity index (χ1v) is 9.42. The summed E-state index contributed by atoms with van der Waals surface area (Å²) in [5, 5.41) is 0. The van der Waals surface area contributed by atoms with Crippen LogP contribution in [-0.2, 0) is 0 Å². The van der Waals surface area contributed by atoms with E-state index in [2.05, 4.69) is 32.6 Å². The molecule has 0 radical (unpaired) electrons. The van der Waals surface area contributed by atoms with Crippen molar-refractivity contribution in [3.63, 3.8) is 0 Å². The van der Waals surface area contributed by atoms with Crippen LogP contribution in [-0.4, -0.2) is 0 Å². The molecule has 0 nitrogen and oxygen atoms in total. The Hall–Kier alpha value is -0.520. The van der Waals surface area contributed by atoms with Crippen LogP contribution in [0, 0.1) is 34.5 Å². The maximum Gasteiger partial charge on any atom is -0.00446 e. The van der Waals surface area contributed by atoms with Crippen LogP contribution in [0.25, 0.3) is 0 Å². The number of fused-ring (bicyclic) bond motifs is 5. The molecule has 0 amide bonds. The van der Waals surface area contributed by atoms with E-state index in [9.17, 15) is 0 Å². The third-order valence-corrected chi connectivity index (χ3v) is 8.44. The second kappa shape index (κ2) is 4.74. The fourth-order valence-corrected chi connectivity index (χ4v) is 7.21. The van der Waals surface area contributed by atoms with Crippen LogP contribution >= 0.6 is 0 Å². The molecule has 0 heterocycles. The molecule has 0 aromatic rings. The zero-order valence-electron chi connectivity index (χ0n) is 14.0. The van der Waals surface area contributed by atoms with Gasteiger partial charge in [-0.25, -0.2) is 0 Å². The first-order valence-electron chi connectivity index (χ1n) is 9.42. The van der Waals surface area contributed by atoms with Crippen molar-refractivity contribution >= 4 is 0 Å². The maximum atomic E-state index is 4.09. The van der Waals surface area contributed by atoms with Crippen molar-refractivity contribution in [2.45, 2.75) is 71.6 Å². The Balaban J connectivity index is 1.65. The topological polar surface area (TPSA) is 0 Å². The summed E-state index contributed by atoms with van der Waals surface area (Å²) < 4.78 is 0. The molecule has 0 bridgehead atoms. The molecule has 4 aliphatic carbocycles. The van der Waals surface area contributed by atoms with Gasteiger partial charge in [-0.1, -0.05) is 45.4 Å². The lowest BCUT2D eigenvalue weighted by Crippen LogP contribution is -2.52. The predicted molar refractivity (Wildman–Crippen MR) is 90.0 cm³/mol. The molecule has 4 rings (SSSR count). The summed E-state index contributed by atoms with van der Waals surface area (Å²) in [6.07, 6.45) is 18.0. The van der Waals surface area contributed by atoms with Gasteiger partial charge >= 0.3 is 0 Å². The van der Waals surface area contributed by atoms with Crippen LogP contribution in [0.2, 0.25) is 0 Å². The minimum atomic E-state index is 0.459. The molecule has 0 aromatic heterocycles. The van der Waals surface area contributed by atoms with Gasteiger partial charge in [-0.15, -0.1) is 0 Å². The Morgan fingerprint density at radius 1 is 1.05 bits per heavy atom. The Labute approximate surface area is 131 Å². The molecule has 1 unspecified atom stereocenters. The molecule has 116 valence electrons. The van der Waals surface area contributed by atoms with Gasteiger partial charge in [-0.2, -0.15) is 0 Å². The summed E-state index contributed by atoms with van der Waals surface area (Å²) in [6.45, 7) is 9.31. The van der Waals surface area contributed by atoms with Crippen molar-refractivity contribution in [3.8, 4) is 0 Å². The maximum absolute atomic E-state index is 4.09. The SMILES string of the molecule is C=CC1=CC[C@@H]2[C@@H]3CCC4CCCC[C@]4(C)[C@H]3CC[C@]12C. The fraction of sp³-hybridized carbons (Fsp3) is 0.810. The van der Waals surface area contributed by atoms with Crippen LogP contribution in [0.5, 0.6) is 0 Å². The quantitative estimate of drug-likeness (QED) is 0.542. The average molecular weight is 284 g/mol. The third kappa shape index (κ3) is 1.80. The van der Waals surface area contributed by atoms with Gasteiger partial charge in [0.1, 0.15) is 0 Å². The predicted octanol–water partition coefficient (Wildman–Crippen LogP) is 6.14. The second-order valence-corrected chi connectivity index (χ2v) is 8.96. The molecular weight excluding hydrogens is 252 g/mol. The molecule has 6 atom stereocenters. The molecular formula is C21H32. The van der Waals surface area contributed by atoms with E-state index in [4.69, 9.17) is 0 Å². The fourth-order valence-electron chi connectivity index (χ4n) is 7.21. The Kier molecular flexibility index (Phi) is 3.18. The molecule has 3 saturated carbocycles. The molecule has 0 heteroatoms. The molecule has 3 fully saturated rings. The Bertz CT molecular complexity index is 472.